The molecule has 1 aromatic rings. The number of aromatic nitrogens is 1. The summed E-state index contributed by atoms with van der Waals surface area (Å²) in [6, 6.07) is 0. The summed E-state index contributed by atoms with van der Waals surface area (Å²) in [6.45, 7) is 6.74. The Labute approximate surface area is 131 Å². The van der Waals surface area contributed by atoms with Crippen LogP contribution in [-0.2, 0) is 4.74 Å². The van der Waals surface area contributed by atoms with Gasteiger partial charge in [-0.25, -0.2) is 0 Å². The van der Waals surface area contributed by atoms with Gasteiger partial charge >= 0.3 is 0 Å². The van der Waals surface area contributed by atoms with Gasteiger partial charge in [-0.3, -0.25) is 4.79 Å². The Hall–Kier alpha value is -1.11. The zero-order valence-corrected chi connectivity index (χ0v) is 13.6. The van der Waals surface area contributed by atoms with Crippen LogP contribution >= 0.6 is 12.4 Å². The molecule has 21 heavy (non-hydrogen) atoms. The molecule has 0 saturated carbocycles. The van der Waals surface area contributed by atoms with E-state index in [1.165, 1.54) is 0 Å². The topological polar surface area (TPSA) is 76.4 Å². The number of rotatable bonds is 5. The minimum Gasteiger partial charge on any atom is -0.384 e. The lowest BCUT2D eigenvalue weighted by atomic mass is 9.79. The number of halogens is 1. The maximum atomic E-state index is 12.3. The minimum atomic E-state index is -0.115. The van der Waals surface area contributed by atoms with Crippen molar-refractivity contribution in [1.29, 1.82) is 0 Å². The normalized spacial score (nSPS) is 17.1. The monoisotopic (exact) mass is 317 g/mol. The Balaban J connectivity index is 0.00000220. The second-order valence-electron chi connectivity index (χ2n) is 5.56. The minimum absolute atomic E-state index is 0. The van der Waals surface area contributed by atoms with Crippen LogP contribution in [0, 0.1) is 19.3 Å². The van der Waals surface area contributed by atoms with E-state index < -0.39 is 0 Å². The average molecular weight is 318 g/mol. The van der Waals surface area contributed by atoms with Crippen molar-refractivity contribution in [2.75, 3.05) is 33.4 Å². The number of amides is 1. The van der Waals surface area contributed by atoms with Crippen molar-refractivity contribution < 1.29 is 14.1 Å². The SMILES string of the molecule is COCC1(CNC(=O)c2c(C)noc2C)CCNCC1.Cl. The fraction of sp³-hybridized carbons (Fsp3) is 0.714. The zero-order chi connectivity index (χ0) is 14.6. The maximum Gasteiger partial charge on any atom is 0.256 e. The number of ether oxygens (including phenoxy) is 1. The number of hydrogen-bond donors (Lipinski definition) is 2. The van der Waals surface area contributed by atoms with Crippen molar-refractivity contribution in [2.24, 2.45) is 5.41 Å². The Kier molecular flexibility index (Phi) is 6.64. The number of carbonyl (C=O) groups excluding carboxylic acids is 1. The molecule has 0 unspecified atom stereocenters. The molecule has 1 aromatic heterocycles. The van der Waals surface area contributed by atoms with Gasteiger partial charge in [0.1, 0.15) is 11.3 Å². The molecule has 7 heteroatoms. The van der Waals surface area contributed by atoms with Gasteiger partial charge in [0.25, 0.3) is 5.91 Å². The molecule has 0 radical (unpaired) electrons. The second-order valence-corrected chi connectivity index (χ2v) is 5.56. The number of carbonyl (C=O) groups is 1. The van der Waals surface area contributed by atoms with Gasteiger partial charge in [0.2, 0.25) is 0 Å². The third kappa shape index (κ3) is 4.18. The van der Waals surface area contributed by atoms with Gasteiger partial charge < -0.3 is 19.9 Å². The molecule has 2 heterocycles. The molecule has 1 saturated heterocycles. The van der Waals surface area contributed by atoms with Gasteiger partial charge in [-0.05, 0) is 39.8 Å². The number of aryl methyl sites for hydroxylation is 2. The van der Waals surface area contributed by atoms with E-state index >= 15 is 0 Å². The summed E-state index contributed by atoms with van der Waals surface area (Å²) in [7, 11) is 1.71. The first-order valence-electron chi connectivity index (χ1n) is 6.99. The predicted molar refractivity (Wildman–Crippen MR) is 82.0 cm³/mol. The summed E-state index contributed by atoms with van der Waals surface area (Å²) < 4.78 is 10.4. The molecular weight excluding hydrogens is 294 g/mol. The van der Waals surface area contributed by atoms with Crippen molar-refractivity contribution in [3.63, 3.8) is 0 Å². The third-order valence-corrected chi connectivity index (χ3v) is 4.00. The highest BCUT2D eigenvalue weighted by Crippen LogP contribution is 2.28. The molecule has 1 aliphatic heterocycles. The van der Waals surface area contributed by atoms with Gasteiger partial charge in [-0.2, -0.15) is 0 Å². The van der Waals surface area contributed by atoms with E-state index in [1.54, 1.807) is 21.0 Å². The lowest BCUT2D eigenvalue weighted by Gasteiger charge is -2.37. The standard InChI is InChI=1S/C14H23N3O3.ClH/c1-10-12(11(2)20-17-10)13(18)16-8-14(9-19-3)4-6-15-7-5-14;/h15H,4-9H2,1-3H3,(H,16,18);1H. The Morgan fingerprint density at radius 2 is 2.10 bits per heavy atom. The first kappa shape index (κ1) is 17.9. The van der Waals surface area contributed by atoms with E-state index in [2.05, 4.69) is 15.8 Å². The van der Waals surface area contributed by atoms with Crippen LogP contribution in [0.5, 0.6) is 0 Å². The molecule has 120 valence electrons. The highest BCUT2D eigenvalue weighted by molar-refractivity contribution is 5.96. The zero-order valence-electron chi connectivity index (χ0n) is 12.8. The molecule has 0 aromatic carbocycles. The number of nitrogens with one attached hydrogen (secondary N) is 2. The number of nitrogens with zero attached hydrogens (tertiary/aromatic N) is 1. The summed E-state index contributed by atoms with van der Waals surface area (Å²) in [5.41, 5.74) is 1.20. The largest absolute Gasteiger partial charge is 0.384 e. The van der Waals surface area contributed by atoms with Crippen LogP contribution in [0.2, 0.25) is 0 Å². The van der Waals surface area contributed by atoms with Crippen LogP contribution in [-0.4, -0.2) is 44.4 Å². The van der Waals surface area contributed by atoms with Crippen LogP contribution in [0.15, 0.2) is 4.52 Å². The van der Waals surface area contributed by atoms with Crippen molar-refractivity contribution in [2.45, 2.75) is 26.7 Å². The first-order valence-corrected chi connectivity index (χ1v) is 6.99. The highest BCUT2D eigenvalue weighted by Gasteiger charge is 2.33. The highest BCUT2D eigenvalue weighted by atomic mass is 35.5. The van der Waals surface area contributed by atoms with Crippen molar-refractivity contribution in [3.8, 4) is 0 Å². The van der Waals surface area contributed by atoms with Crippen molar-refractivity contribution in [3.05, 3.63) is 17.0 Å². The van der Waals surface area contributed by atoms with Crippen LogP contribution in [0.3, 0.4) is 0 Å². The Morgan fingerprint density at radius 3 is 2.62 bits per heavy atom. The van der Waals surface area contributed by atoms with Crippen LogP contribution < -0.4 is 10.6 Å². The molecule has 1 amide bonds. The number of hydrogen-bond acceptors (Lipinski definition) is 5. The maximum absolute atomic E-state index is 12.3. The quantitative estimate of drug-likeness (QED) is 0.860. The third-order valence-electron chi connectivity index (χ3n) is 4.00. The summed E-state index contributed by atoms with van der Waals surface area (Å²) in [5.74, 6) is 0.446. The Bertz CT molecular complexity index is 445. The molecule has 1 aliphatic rings. The summed E-state index contributed by atoms with van der Waals surface area (Å²) in [4.78, 5) is 12.3. The molecule has 1 fully saturated rings. The molecule has 0 bridgehead atoms. The molecule has 0 aliphatic carbocycles. The molecule has 2 N–H and O–H groups in total. The Morgan fingerprint density at radius 1 is 1.43 bits per heavy atom. The van der Waals surface area contributed by atoms with E-state index in [1.807, 2.05) is 0 Å². The first-order chi connectivity index (χ1) is 9.58. The predicted octanol–water partition coefficient (Wildman–Crippen LogP) is 1.46. The van der Waals surface area contributed by atoms with Crippen LogP contribution in [0.1, 0.15) is 34.7 Å². The summed E-state index contributed by atoms with van der Waals surface area (Å²) >= 11 is 0. The van der Waals surface area contributed by atoms with Gasteiger partial charge in [-0.1, -0.05) is 5.16 Å². The molecular formula is C14H24ClN3O3. The van der Waals surface area contributed by atoms with Crippen molar-refractivity contribution in [1.82, 2.24) is 15.8 Å². The van der Waals surface area contributed by atoms with E-state index in [4.69, 9.17) is 9.26 Å². The molecule has 2 rings (SSSR count). The van der Waals surface area contributed by atoms with Crippen molar-refractivity contribution >= 4 is 18.3 Å². The van der Waals surface area contributed by atoms with Gasteiger partial charge in [0, 0.05) is 19.1 Å². The van der Waals surface area contributed by atoms with E-state index in [9.17, 15) is 4.79 Å². The van der Waals surface area contributed by atoms with Gasteiger partial charge in [-0.15, -0.1) is 12.4 Å². The smallest absolute Gasteiger partial charge is 0.256 e. The summed E-state index contributed by atoms with van der Waals surface area (Å²) in [5, 5.41) is 10.2. The molecule has 0 atom stereocenters. The van der Waals surface area contributed by atoms with Crippen LogP contribution in [0.25, 0.3) is 0 Å². The van der Waals surface area contributed by atoms with Gasteiger partial charge in [0.05, 0.1) is 12.3 Å². The molecule has 0 spiro atoms. The lowest BCUT2D eigenvalue weighted by molar-refractivity contribution is 0.0511. The van der Waals surface area contributed by atoms with Gasteiger partial charge in [0.15, 0.2) is 0 Å². The average Bonchev–Trinajstić information content (AvgIpc) is 2.77. The van der Waals surface area contributed by atoms with Crippen LogP contribution in [0.4, 0.5) is 0 Å². The molecule has 6 nitrogen and oxygen atoms in total. The van der Waals surface area contributed by atoms with E-state index in [-0.39, 0.29) is 23.7 Å². The lowest BCUT2D eigenvalue weighted by Crippen LogP contribution is -2.47. The number of methoxy groups -OCH3 is 1. The van der Waals surface area contributed by atoms with E-state index in [0.29, 0.717) is 30.2 Å². The second kappa shape index (κ2) is 7.77. The summed E-state index contributed by atoms with van der Waals surface area (Å²) in [6.07, 6.45) is 2.01. The fourth-order valence-electron chi connectivity index (χ4n) is 2.80. The number of piperidine rings is 1. The van der Waals surface area contributed by atoms with E-state index in [0.717, 1.165) is 25.9 Å². The fourth-order valence-corrected chi connectivity index (χ4v) is 2.80.